The molecule has 0 bridgehead atoms. The van der Waals surface area contributed by atoms with Crippen molar-refractivity contribution in [2.75, 3.05) is 12.8 Å². The summed E-state index contributed by atoms with van der Waals surface area (Å²) in [6.45, 7) is 0.746. The molecule has 0 N–H and O–H groups in total. The molecule has 0 unspecified atom stereocenters. The zero-order valence-corrected chi connectivity index (χ0v) is 8.38. The molecular weight excluding hydrogens is 190 g/mol. The first kappa shape index (κ1) is 8.99. The number of hydrogen-bond acceptors (Lipinski definition) is 3. The summed E-state index contributed by atoms with van der Waals surface area (Å²) < 4.78 is 22.5. The highest BCUT2D eigenvalue weighted by molar-refractivity contribution is 7.92. The van der Waals surface area contributed by atoms with Gasteiger partial charge < -0.3 is 4.90 Å². The van der Waals surface area contributed by atoms with Gasteiger partial charge in [-0.05, 0) is 19.3 Å². The van der Waals surface area contributed by atoms with Crippen LogP contribution in [0.25, 0.3) is 0 Å². The first-order valence-corrected chi connectivity index (χ1v) is 6.46. The summed E-state index contributed by atoms with van der Waals surface area (Å²) in [5.41, 5.74) is 0. The van der Waals surface area contributed by atoms with E-state index in [-0.39, 0.29) is 11.9 Å². The molecule has 2 aliphatic rings. The van der Waals surface area contributed by atoms with Crippen LogP contribution in [0, 0.1) is 0 Å². The molecule has 2 heterocycles. The van der Waals surface area contributed by atoms with Gasteiger partial charge in [-0.2, -0.15) is 0 Å². The number of β-lactam (4-membered cyclic amide) rings is 1. The lowest BCUT2D eigenvalue weighted by molar-refractivity contribution is -0.147. The highest BCUT2D eigenvalue weighted by atomic mass is 32.2. The summed E-state index contributed by atoms with van der Waals surface area (Å²) in [5.74, 6) is -0.188. The number of carbonyl (C=O) groups is 1. The Morgan fingerprint density at radius 3 is 2.69 bits per heavy atom. The van der Waals surface area contributed by atoms with E-state index in [1.807, 2.05) is 0 Å². The standard InChI is InChI=1S/C8H13NO3S/c1-13(11,12)7-6-4-2-3-5-9(6)8(7)10/h6-7H,2-5H2,1H3/t6-,7-/m0/s1. The second-order valence-corrected chi connectivity index (χ2v) is 6.01. The van der Waals surface area contributed by atoms with Crippen molar-refractivity contribution >= 4 is 15.7 Å². The average molecular weight is 203 g/mol. The minimum atomic E-state index is -3.18. The van der Waals surface area contributed by atoms with Crippen molar-refractivity contribution in [3.8, 4) is 0 Å². The molecule has 2 fully saturated rings. The maximum absolute atomic E-state index is 11.4. The van der Waals surface area contributed by atoms with Gasteiger partial charge in [-0.3, -0.25) is 4.79 Å². The molecule has 74 valence electrons. The maximum atomic E-state index is 11.4. The molecule has 2 rings (SSSR count). The summed E-state index contributed by atoms with van der Waals surface area (Å²) in [4.78, 5) is 13.1. The highest BCUT2D eigenvalue weighted by Crippen LogP contribution is 2.33. The Labute approximate surface area is 77.8 Å². The van der Waals surface area contributed by atoms with Crippen LogP contribution in [-0.4, -0.2) is 43.3 Å². The van der Waals surface area contributed by atoms with Crippen LogP contribution in [0.2, 0.25) is 0 Å². The lowest BCUT2D eigenvalue weighted by atomic mass is 9.91. The molecule has 5 heteroatoms. The molecule has 1 amide bonds. The zero-order chi connectivity index (χ0) is 9.64. The summed E-state index contributed by atoms with van der Waals surface area (Å²) in [7, 11) is -3.18. The quantitative estimate of drug-likeness (QED) is 0.554. The van der Waals surface area contributed by atoms with Crippen molar-refractivity contribution in [1.82, 2.24) is 4.90 Å². The van der Waals surface area contributed by atoms with Crippen LogP contribution in [-0.2, 0) is 14.6 Å². The van der Waals surface area contributed by atoms with Crippen molar-refractivity contribution in [1.29, 1.82) is 0 Å². The molecule has 4 nitrogen and oxygen atoms in total. The fourth-order valence-electron chi connectivity index (χ4n) is 2.26. The van der Waals surface area contributed by atoms with Gasteiger partial charge in [-0.25, -0.2) is 8.42 Å². The lowest BCUT2D eigenvalue weighted by Crippen LogP contribution is -2.68. The third-order valence-corrected chi connectivity index (χ3v) is 4.32. The molecule has 0 aromatic carbocycles. The van der Waals surface area contributed by atoms with E-state index in [4.69, 9.17) is 0 Å². The van der Waals surface area contributed by atoms with E-state index in [0.29, 0.717) is 0 Å². The molecule has 0 aromatic heterocycles. The van der Waals surface area contributed by atoms with Crippen LogP contribution in [0.4, 0.5) is 0 Å². The Bertz CT molecular complexity index is 335. The SMILES string of the molecule is CS(=O)(=O)[C@@H]1C(=O)N2CCCC[C@@H]12. The molecule has 13 heavy (non-hydrogen) atoms. The number of carbonyl (C=O) groups excluding carboxylic acids is 1. The van der Waals surface area contributed by atoms with Crippen LogP contribution >= 0.6 is 0 Å². The number of piperidine rings is 1. The third kappa shape index (κ3) is 1.25. The summed E-state index contributed by atoms with van der Waals surface area (Å²) >= 11 is 0. The van der Waals surface area contributed by atoms with Gasteiger partial charge in [0.25, 0.3) is 0 Å². The predicted molar refractivity (Wildman–Crippen MR) is 48.0 cm³/mol. The van der Waals surface area contributed by atoms with Crippen LogP contribution in [0.1, 0.15) is 19.3 Å². The number of amides is 1. The maximum Gasteiger partial charge on any atom is 0.243 e. The largest absolute Gasteiger partial charge is 0.337 e. The molecule has 2 saturated heterocycles. The van der Waals surface area contributed by atoms with Gasteiger partial charge in [0.15, 0.2) is 15.1 Å². The second-order valence-electron chi connectivity index (χ2n) is 3.84. The van der Waals surface area contributed by atoms with E-state index in [2.05, 4.69) is 0 Å². The highest BCUT2D eigenvalue weighted by Gasteiger charge is 2.53. The zero-order valence-electron chi connectivity index (χ0n) is 7.56. The van der Waals surface area contributed by atoms with Gasteiger partial charge in [0, 0.05) is 12.8 Å². The summed E-state index contributed by atoms with van der Waals surface area (Å²) in [6.07, 6.45) is 4.06. The van der Waals surface area contributed by atoms with E-state index in [1.54, 1.807) is 4.90 Å². The molecule has 2 atom stereocenters. The molecule has 0 spiro atoms. The summed E-state index contributed by atoms with van der Waals surface area (Å²) in [5, 5.41) is -0.729. The monoisotopic (exact) mass is 203 g/mol. The predicted octanol–water partition coefficient (Wildman–Crippen LogP) is -0.206. The lowest BCUT2D eigenvalue weighted by Gasteiger charge is -2.48. The minimum absolute atomic E-state index is 0.0174. The fourth-order valence-corrected chi connectivity index (χ4v) is 3.62. The normalized spacial score (nSPS) is 33.9. The van der Waals surface area contributed by atoms with Gasteiger partial charge in [0.05, 0.1) is 6.04 Å². The first-order valence-electron chi connectivity index (χ1n) is 4.51. The smallest absolute Gasteiger partial charge is 0.243 e. The van der Waals surface area contributed by atoms with E-state index in [1.165, 1.54) is 0 Å². The topological polar surface area (TPSA) is 54.5 Å². The van der Waals surface area contributed by atoms with Crippen molar-refractivity contribution in [2.24, 2.45) is 0 Å². The minimum Gasteiger partial charge on any atom is -0.337 e. The van der Waals surface area contributed by atoms with E-state index < -0.39 is 15.1 Å². The van der Waals surface area contributed by atoms with Crippen LogP contribution in [0.15, 0.2) is 0 Å². The van der Waals surface area contributed by atoms with E-state index in [0.717, 1.165) is 32.1 Å². The molecule has 0 saturated carbocycles. The molecule has 0 aliphatic carbocycles. The van der Waals surface area contributed by atoms with E-state index in [9.17, 15) is 13.2 Å². The number of nitrogens with zero attached hydrogens (tertiary/aromatic N) is 1. The molecule has 0 radical (unpaired) electrons. The Morgan fingerprint density at radius 1 is 1.38 bits per heavy atom. The van der Waals surface area contributed by atoms with Crippen molar-refractivity contribution < 1.29 is 13.2 Å². The summed E-state index contributed by atoms with van der Waals surface area (Å²) in [6, 6.07) is -0.0174. The third-order valence-electron chi connectivity index (χ3n) is 2.89. The first-order chi connectivity index (χ1) is 6.02. The van der Waals surface area contributed by atoms with Gasteiger partial charge in [-0.15, -0.1) is 0 Å². The number of sulfone groups is 1. The van der Waals surface area contributed by atoms with Crippen molar-refractivity contribution in [2.45, 2.75) is 30.6 Å². The second kappa shape index (κ2) is 2.70. The van der Waals surface area contributed by atoms with E-state index >= 15 is 0 Å². The molecular formula is C8H13NO3S. The van der Waals surface area contributed by atoms with Gasteiger partial charge in [0.1, 0.15) is 0 Å². The van der Waals surface area contributed by atoms with Crippen LogP contribution in [0.5, 0.6) is 0 Å². The van der Waals surface area contributed by atoms with Gasteiger partial charge in [0.2, 0.25) is 5.91 Å². The van der Waals surface area contributed by atoms with Gasteiger partial charge >= 0.3 is 0 Å². The fraction of sp³-hybridized carbons (Fsp3) is 0.875. The van der Waals surface area contributed by atoms with Crippen LogP contribution in [0.3, 0.4) is 0 Å². The Morgan fingerprint density at radius 2 is 2.08 bits per heavy atom. The Hall–Kier alpha value is -0.580. The van der Waals surface area contributed by atoms with Crippen LogP contribution < -0.4 is 0 Å². The molecule has 0 aromatic rings. The van der Waals surface area contributed by atoms with Crippen molar-refractivity contribution in [3.63, 3.8) is 0 Å². The van der Waals surface area contributed by atoms with Crippen molar-refractivity contribution in [3.05, 3.63) is 0 Å². The number of hydrogen-bond donors (Lipinski definition) is 0. The number of rotatable bonds is 1. The Kier molecular flexibility index (Phi) is 1.87. The molecule has 2 aliphatic heterocycles. The van der Waals surface area contributed by atoms with Gasteiger partial charge in [-0.1, -0.05) is 0 Å². The average Bonchev–Trinajstić information content (AvgIpc) is 2.00. The Balaban J connectivity index is 2.21. The number of fused-ring (bicyclic) bond motifs is 1.